The summed E-state index contributed by atoms with van der Waals surface area (Å²) in [6.45, 7) is 7.79. The molecule has 210 valence electrons. The van der Waals surface area contributed by atoms with E-state index in [0.717, 1.165) is 17.4 Å². The topological polar surface area (TPSA) is 117 Å². The van der Waals surface area contributed by atoms with Crippen molar-refractivity contribution in [1.82, 2.24) is 21.1 Å². The zero-order valence-electron chi connectivity index (χ0n) is 23.5. The fourth-order valence-electron chi connectivity index (χ4n) is 4.56. The van der Waals surface area contributed by atoms with Crippen molar-refractivity contribution in [1.29, 1.82) is 0 Å². The van der Waals surface area contributed by atoms with Gasteiger partial charge < -0.3 is 15.4 Å². The lowest BCUT2D eigenvalue weighted by molar-refractivity contribution is -0.150. The van der Waals surface area contributed by atoms with Crippen LogP contribution in [0.4, 0.5) is 0 Å². The summed E-state index contributed by atoms with van der Waals surface area (Å²) in [5.41, 5.74) is 5.14. The Morgan fingerprint density at radius 2 is 1.82 bits per heavy atom. The van der Waals surface area contributed by atoms with Crippen LogP contribution in [-0.2, 0) is 30.3 Å². The van der Waals surface area contributed by atoms with Crippen LogP contribution in [0.25, 0.3) is 16.8 Å². The number of amides is 3. The molecule has 0 aliphatic carbocycles. The summed E-state index contributed by atoms with van der Waals surface area (Å²) in [5, 5.41) is 9.18. The smallest absolute Gasteiger partial charge is 0.324 e. The van der Waals surface area contributed by atoms with E-state index in [0.29, 0.717) is 19.4 Å². The van der Waals surface area contributed by atoms with Crippen molar-refractivity contribution in [2.24, 2.45) is 5.92 Å². The summed E-state index contributed by atoms with van der Waals surface area (Å²) in [6.07, 6.45) is 5.96. The number of carbonyl (C=O) groups is 4. The lowest BCUT2D eigenvalue weighted by Crippen LogP contribution is -2.60. The number of esters is 1. The molecule has 3 rings (SSSR count). The van der Waals surface area contributed by atoms with Crippen molar-refractivity contribution >= 4 is 40.5 Å². The maximum Gasteiger partial charge on any atom is 0.324 e. The quantitative estimate of drug-likeness (QED) is 0.402. The number of methoxy groups -OCH3 is 1. The van der Waals surface area contributed by atoms with Gasteiger partial charge in [0.15, 0.2) is 0 Å². The summed E-state index contributed by atoms with van der Waals surface area (Å²) in [6, 6.07) is 10.3. The zero-order chi connectivity index (χ0) is 28.5. The standard InChI is InChI=1S/C30H40N4O5/c1-6-21-12-14-23-15-13-22(18-24(23)17-21)9-7-11-26(35)32-27(19(2)3)28(36)31-20(4)29(37)34-16-8-10-25(33-34)30(38)39-5/h7,9,12-15,17-20,25,27,33H,6,8,10-11,16H2,1-5H3,(H,31,36)(H,32,35)/b9-7+. The van der Waals surface area contributed by atoms with E-state index in [4.69, 9.17) is 4.74 Å². The molecule has 2 aromatic rings. The Kier molecular flexibility index (Phi) is 10.6. The molecule has 9 heteroatoms. The van der Waals surface area contributed by atoms with Crippen molar-refractivity contribution in [3.8, 4) is 0 Å². The van der Waals surface area contributed by atoms with E-state index in [9.17, 15) is 19.2 Å². The number of aryl methyl sites for hydroxylation is 1. The van der Waals surface area contributed by atoms with Gasteiger partial charge in [0.05, 0.1) is 7.11 Å². The van der Waals surface area contributed by atoms with Crippen molar-refractivity contribution < 1.29 is 23.9 Å². The highest BCUT2D eigenvalue weighted by Gasteiger charge is 2.32. The minimum atomic E-state index is -0.847. The fraction of sp³-hybridized carbons (Fsp3) is 0.467. The van der Waals surface area contributed by atoms with E-state index in [2.05, 4.69) is 53.3 Å². The van der Waals surface area contributed by atoms with Gasteiger partial charge in [0, 0.05) is 13.0 Å². The average Bonchev–Trinajstić information content (AvgIpc) is 2.94. The molecule has 0 aromatic heterocycles. The van der Waals surface area contributed by atoms with Gasteiger partial charge in [-0.3, -0.25) is 24.2 Å². The third-order valence-corrected chi connectivity index (χ3v) is 6.88. The van der Waals surface area contributed by atoms with Gasteiger partial charge >= 0.3 is 5.97 Å². The van der Waals surface area contributed by atoms with E-state index in [1.54, 1.807) is 13.0 Å². The van der Waals surface area contributed by atoms with Gasteiger partial charge in [-0.1, -0.05) is 63.3 Å². The molecule has 1 aliphatic heterocycles. The SMILES string of the molecule is CCc1ccc2ccc(/C=C/CC(=O)NC(C(=O)NC(C)C(=O)N3CCCC(C(=O)OC)N3)C(C)C)cc2c1. The molecule has 3 N–H and O–H groups in total. The highest BCUT2D eigenvalue weighted by molar-refractivity contribution is 5.92. The monoisotopic (exact) mass is 536 g/mol. The molecule has 2 aromatic carbocycles. The first-order valence-corrected chi connectivity index (χ1v) is 13.6. The molecular formula is C30H40N4O5. The molecule has 1 heterocycles. The molecule has 1 saturated heterocycles. The first-order chi connectivity index (χ1) is 18.6. The third kappa shape index (κ3) is 8.13. The van der Waals surface area contributed by atoms with Gasteiger partial charge in [-0.15, -0.1) is 0 Å². The lowest BCUT2D eigenvalue weighted by Gasteiger charge is -2.34. The van der Waals surface area contributed by atoms with Gasteiger partial charge in [-0.05, 0) is 60.1 Å². The minimum absolute atomic E-state index is 0.116. The highest BCUT2D eigenvalue weighted by Crippen LogP contribution is 2.19. The Morgan fingerprint density at radius 3 is 2.51 bits per heavy atom. The number of benzene rings is 2. The molecule has 0 radical (unpaired) electrons. The average molecular weight is 537 g/mol. The molecule has 0 spiro atoms. The van der Waals surface area contributed by atoms with Crippen LogP contribution in [0.15, 0.2) is 42.5 Å². The number of nitrogens with one attached hydrogen (secondary N) is 3. The summed E-state index contributed by atoms with van der Waals surface area (Å²) in [7, 11) is 1.30. The fourth-order valence-corrected chi connectivity index (χ4v) is 4.56. The Balaban J connectivity index is 1.55. The number of rotatable bonds is 10. The van der Waals surface area contributed by atoms with Crippen LogP contribution in [0, 0.1) is 5.92 Å². The Hall–Kier alpha value is -3.72. The zero-order valence-corrected chi connectivity index (χ0v) is 23.5. The Bertz CT molecular complexity index is 1230. The van der Waals surface area contributed by atoms with Crippen LogP contribution in [0.5, 0.6) is 0 Å². The van der Waals surface area contributed by atoms with Gasteiger partial charge in [0.1, 0.15) is 18.1 Å². The molecule has 0 saturated carbocycles. The first-order valence-electron chi connectivity index (χ1n) is 13.6. The van der Waals surface area contributed by atoms with Crippen molar-refractivity contribution in [3.63, 3.8) is 0 Å². The Morgan fingerprint density at radius 1 is 1.08 bits per heavy atom. The number of hydrogen-bond donors (Lipinski definition) is 3. The van der Waals surface area contributed by atoms with Gasteiger partial charge in [0.2, 0.25) is 11.8 Å². The molecular weight excluding hydrogens is 496 g/mol. The Labute approximate surface area is 230 Å². The summed E-state index contributed by atoms with van der Waals surface area (Å²) < 4.78 is 4.76. The molecule has 0 bridgehead atoms. The lowest BCUT2D eigenvalue weighted by atomic mass is 10.0. The predicted molar refractivity (Wildman–Crippen MR) is 151 cm³/mol. The number of carbonyl (C=O) groups excluding carboxylic acids is 4. The maximum atomic E-state index is 13.0. The number of ether oxygens (including phenoxy) is 1. The number of hydrogen-bond acceptors (Lipinski definition) is 6. The van der Waals surface area contributed by atoms with E-state index in [-0.39, 0.29) is 24.2 Å². The van der Waals surface area contributed by atoms with E-state index < -0.39 is 30.0 Å². The number of fused-ring (bicyclic) bond motifs is 1. The first kappa shape index (κ1) is 29.8. The van der Waals surface area contributed by atoms with Crippen molar-refractivity contribution in [3.05, 3.63) is 53.6 Å². The summed E-state index contributed by atoms with van der Waals surface area (Å²) in [4.78, 5) is 50.4. The van der Waals surface area contributed by atoms with E-state index in [1.807, 2.05) is 26.0 Å². The molecule has 39 heavy (non-hydrogen) atoms. The van der Waals surface area contributed by atoms with Crippen LogP contribution >= 0.6 is 0 Å². The number of nitrogens with zero attached hydrogens (tertiary/aromatic N) is 1. The predicted octanol–water partition coefficient (Wildman–Crippen LogP) is 3.12. The van der Waals surface area contributed by atoms with Gasteiger partial charge in [0.25, 0.3) is 5.91 Å². The normalized spacial score (nSPS) is 17.2. The third-order valence-electron chi connectivity index (χ3n) is 6.88. The second-order valence-electron chi connectivity index (χ2n) is 10.3. The highest BCUT2D eigenvalue weighted by atomic mass is 16.5. The molecule has 3 atom stereocenters. The molecule has 3 amide bonds. The molecule has 9 nitrogen and oxygen atoms in total. The van der Waals surface area contributed by atoms with E-state index in [1.165, 1.54) is 23.1 Å². The van der Waals surface area contributed by atoms with Crippen LogP contribution in [-0.4, -0.2) is 60.5 Å². The largest absolute Gasteiger partial charge is 0.468 e. The van der Waals surface area contributed by atoms with Crippen LogP contribution < -0.4 is 16.1 Å². The van der Waals surface area contributed by atoms with Crippen LogP contribution in [0.2, 0.25) is 0 Å². The summed E-state index contributed by atoms with van der Waals surface area (Å²) >= 11 is 0. The van der Waals surface area contributed by atoms with Crippen molar-refractivity contribution in [2.45, 2.75) is 71.5 Å². The minimum Gasteiger partial charge on any atom is -0.468 e. The second kappa shape index (κ2) is 13.9. The molecule has 1 aliphatic rings. The summed E-state index contributed by atoms with van der Waals surface area (Å²) in [5.74, 6) is -1.72. The number of hydrazine groups is 1. The second-order valence-corrected chi connectivity index (χ2v) is 10.3. The molecule has 3 unspecified atom stereocenters. The molecule has 1 fully saturated rings. The van der Waals surface area contributed by atoms with Crippen LogP contribution in [0.1, 0.15) is 58.1 Å². The van der Waals surface area contributed by atoms with E-state index >= 15 is 0 Å². The van der Waals surface area contributed by atoms with Gasteiger partial charge in [-0.25, -0.2) is 5.43 Å². The van der Waals surface area contributed by atoms with Gasteiger partial charge in [-0.2, -0.15) is 0 Å². The maximum absolute atomic E-state index is 13.0. The van der Waals surface area contributed by atoms with Crippen molar-refractivity contribution in [2.75, 3.05) is 13.7 Å². The van der Waals surface area contributed by atoms with Crippen LogP contribution in [0.3, 0.4) is 0 Å².